The smallest absolute Gasteiger partial charge is 0.343 e. The molecule has 0 saturated carbocycles. The monoisotopic (exact) mass is 394 g/mol. The van der Waals surface area contributed by atoms with Crippen molar-refractivity contribution in [1.82, 2.24) is 14.8 Å². The molecule has 3 aromatic rings. The molecule has 29 heavy (non-hydrogen) atoms. The van der Waals surface area contributed by atoms with Crippen molar-refractivity contribution in [3.63, 3.8) is 0 Å². The Morgan fingerprint density at radius 3 is 2.69 bits per heavy atom. The summed E-state index contributed by atoms with van der Waals surface area (Å²) in [6.07, 6.45) is 3.45. The van der Waals surface area contributed by atoms with Crippen LogP contribution in [0.2, 0.25) is 0 Å². The Bertz CT molecular complexity index is 1060. The fourth-order valence-corrected chi connectivity index (χ4v) is 3.18. The summed E-state index contributed by atoms with van der Waals surface area (Å²) in [5, 5.41) is 8.23. The first-order chi connectivity index (χ1) is 14.0. The molecule has 0 spiro atoms. The van der Waals surface area contributed by atoms with Gasteiger partial charge in [-0.3, -0.25) is 4.79 Å². The summed E-state index contributed by atoms with van der Waals surface area (Å²) in [5.74, 6) is 0.112. The average molecular weight is 394 g/mol. The molecule has 0 aliphatic carbocycles. The zero-order valence-corrected chi connectivity index (χ0v) is 17.3. The van der Waals surface area contributed by atoms with Crippen LogP contribution in [0, 0.1) is 13.8 Å². The fraction of sp³-hybridized carbons (Fsp3) is 0.364. The number of hydrogen-bond donors (Lipinski definition) is 1. The van der Waals surface area contributed by atoms with Gasteiger partial charge >= 0.3 is 5.97 Å². The second-order valence-electron chi connectivity index (χ2n) is 6.96. The van der Waals surface area contributed by atoms with E-state index in [2.05, 4.69) is 10.4 Å². The number of nitrogens with one attached hydrogen (secondary N) is 1. The van der Waals surface area contributed by atoms with Crippen molar-refractivity contribution in [2.75, 3.05) is 11.9 Å². The van der Waals surface area contributed by atoms with E-state index < -0.39 is 5.97 Å². The summed E-state index contributed by atoms with van der Waals surface area (Å²) in [6.45, 7) is 7.99. The summed E-state index contributed by atoms with van der Waals surface area (Å²) in [4.78, 5) is 29.5. The van der Waals surface area contributed by atoms with Crippen LogP contribution in [-0.2, 0) is 9.53 Å². The van der Waals surface area contributed by atoms with E-state index in [4.69, 9.17) is 9.72 Å². The van der Waals surface area contributed by atoms with E-state index in [1.165, 1.54) is 10.9 Å². The summed E-state index contributed by atoms with van der Waals surface area (Å²) in [6, 6.07) is 7.91. The Labute approximate surface area is 170 Å². The number of benzene rings is 1. The number of aryl methyl sites for hydroxylation is 2. The number of nitrogens with zero attached hydrogens (tertiary/aromatic N) is 3. The maximum atomic E-state index is 12.4. The number of aromatic nitrogens is 3. The van der Waals surface area contributed by atoms with Crippen LogP contribution >= 0.6 is 0 Å². The van der Waals surface area contributed by atoms with E-state index in [0.29, 0.717) is 12.2 Å². The molecule has 152 valence electrons. The number of esters is 1. The van der Waals surface area contributed by atoms with Crippen molar-refractivity contribution < 1.29 is 14.3 Å². The summed E-state index contributed by atoms with van der Waals surface area (Å²) in [5.41, 5.74) is 3.14. The molecule has 0 aliphatic heterocycles. The van der Waals surface area contributed by atoms with E-state index in [9.17, 15) is 9.59 Å². The van der Waals surface area contributed by atoms with Crippen LogP contribution in [-0.4, -0.2) is 33.2 Å². The topological polar surface area (TPSA) is 86.1 Å². The van der Waals surface area contributed by atoms with E-state index in [-0.39, 0.29) is 23.9 Å². The zero-order chi connectivity index (χ0) is 21.0. The Kier molecular flexibility index (Phi) is 6.26. The maximum absolute atomic E-state index is 12.4. The highest BCUT2D eigenvalue weighted by atomic mass is 16.5. The molecule has 0 atom stereocenters. The van der Waals surface area contributed by atoms with E-state index >= 15 is 0 Å². The first kappa shape index (κ1) is 20.5. The lowest BCUT2D eigenvalue weighted by Gasteiger charge is -2.13. The highest BCUT2D eigenvalue weighted by Gasteiger charge is 2.22. The number of carbonyl (C=O) groups excluding carboxylic acids is 2. The second-order valence-corrected chi connectivity index (χ2v) is 6.96. The highest BCUT2D eigenvalue weighted by molar-refractivity contribution is 6.00. The van der Waals surface area contributed by atoms with Crippen LogP contribution in [0.15, 0.2) is 30.5 Å². The average Bonchev–Trinajstić information content (AvgIpc) is 3.10. The highest BCUT2D eigenvalue weighted by Crippen LogP contribution is 2.26. The number of carbonyl (C=O) groups is 2. The van der Waals surface area contributed by atoms with E-state index in [1.54, 1.807) is 6.92 Å². The molecule has 0 fully saturated rings. The molecular weight excluding hydrogens is 368 g/mol. The van der Waals surface area contributed by atoms with E-state index in [0.717, 1.165) is 34.9 Å². The third-order valence-corrected chi connectivity index (χ3v) is 4.73. The number of hydrogen-bond acceptors (Lipinski definition) is 5. The van der Waals surface area contributed by atoms with Crippen molar-refractivity contribution in [2.24, 2.45) is 0 Å². The number of rotatable bonds is 7. The quantitative estimate of drug-likeness (QED) is 0.602. The van der Waals surface area contributed by atoms with Gasteiger partial charge < -0.3 is 10.1 Å². The first-order valence-electron chi connectivity index (χ1n) is 9.88. The van der Waals surface area contributed by atoms with Gasteiger partial charge in [-0.05, 0) is 44.4 Å². The Morgan fingerprint density at radius 1 is 1.17 bits per heavy atom. The molecule has 2 heterocycles. The third-order valence-electron chi connectivity index (χ3n) is 4.73. The zero-order valence-electron chi connectivity index (χ0n) is 17.3. The van der Waals surface area contributed by atoms with E-state index in [1.807, 2.05) is 45.0 Å². The van der Waals surface area contributed by atoms with Crippen LogP contribution in [0.25, 0.3) is 16.7 Å². The molecular formula is C22H26N4O3. The number of para-hydroxylation sites is 1. The number of anilines is 1. The number of fused-ring (bicyclic) bond motifs is 1. The first-order valence-corrected chi connectivity index (χ1v) is 9.88. The lowest BCUT2D eigenvalue weighted by Crippen LogP contribution is -2.18. The predicted octanol–water partition coefficient (Wildman–Crippen LogP) is 4.34. The normalized spacial score (nSPS) is 10.9. The minimum absolute atomic E-state index is 0.173. The largest absolute Gasteiger partial charge is 0.462 e. The van der Waals surface area contributed by atoms with Crippen LogP contribution in [0.3, 0.4) is 0 Å². The van der Waals surface area contributed by atoms with Gasteiger partial charge in [0.05, 0.1) is 18.3 Å². The van der Waals surface area contributed by atoms with Crippen molar-refractivity contribution >= 4 is 28.6 Å². The Morgan fingerprint density at radius 2 is 1.97 bits per heavy atom. The molecule has 0 aliphatic rings. The van der Waals surface area contributed by atoms with Gasteiger partial charge in [0, 0.05) is 11.8 Å². The van der Waals surface area contributed by atoms with Gasteiger partial charge in [-0.25, -0.2) is 9.78 Å². The lowest BCUT2D eigenvalue weighted by atomic mass is 10.1. The van der Waals surface area contributed by atoms with Gasteiger partial charge in [-0.2, -0.15) is 9.78 Å². The van der Waals surface area contributed by atoms with Gasteiger partial charge in [0.2, 0.25) is 5.91 Å². The molecule has 0 bridgehead atoms. The molecule has 3 rings (SSSR count). The second kappa shape index (κ2) is 8.86. The lowest BCUT2D eigenvalue weighted by molar-refractivity contribution is -0.116. The van der Waals surface area contributed by atoms with Crippen molar-refractivity contribution in [3.8, 4) is 5.82 Å². The van der Waals surface area contributed by atoms with Gasteiger partial charge in [0.1, 0.15) is 5.56 Å². The predicted molar refractivity (Wildman–Crippen MR) is 112 cm³/mol. The molecule has 1 N–H and O–H groups in total. The number of ether oxygens (including phenoxy) is 1. The molecule has 2 aromatic heterocycles. The van der Waals surface area contributed by atoms with Gasteiger partial charge in [0.25, 0.3) is 0 Å². The number of pyridine rings is 1. The molecule has 1 aromatic carbocycles. The summed E-state index contributed by atoms with van der Waals surface area (Å²) in [7, 11) is 0. The van der Waals surface area contributed by atoms with Crippen molar-refractivity contribution in [3.05, 3.63) is 47.2 Å². The fourth-order valence-electron chi connectivity index (χ4n) is 3.18. The van der Waals surface area contributed by atoms with Crippen LogP contribution in [0.1, 0.15) is 54.6 Å². The standard InChI is InChI=1S/C22H26N4O3/c1-5-7-11-19(27)25-21-17(22(28)29-6-2)13-23-26(21)18-12-15(4)16-10-8-9-14(3)20(16)24-18/h8-10,12-13H,5-7,11H2,1-4H3,(H,25,27). The van der Waals surface area contributed by atoms with Crippen molar-refractivity contribution in [2.45, 2.75) is 47.0 Å². The molecule has 0 unspecified atom stereocenters. The Balaban J connectivity index is 2.11. The molecule has 0 saturated heterocycles. The molecule has 1 amide bonds. The summed E-state index contributed by atoms with van der Waals surface area (Å²) < 4.78 is 6.62. The minimum atomic E-state index is -0.529. The Hall–Kier alpha value is -3.22. The number of amides is 1. The molecule has 7 nitrogen and oxygen atoms in total. The minimum Gasteiger partial charge on any atom is -0.462 e. The SMILES string of the molecule is CCCCC(=O)Nc1c(C(=O)OCC)cnn1-c1cc(C)c2cccc(C)c2n1. The number of unbranched alkanes of at least 4 members (excludes halogenated alkanes) is 1. The maximum Gasteiger partial charge on any atom is 0.343 e. The molecule has 7 heteroatoms. The van der Waals surface area contributed by atoms with Gasteiger partial charge in [0.15, 0.2) is 11.6 Å². The molecule has 0 radical (unpaired) electrons. The van der Waals surface area contributed by atoms with Gasteiger partial charge in [-0.1, -0.05) is 31.5 Å². The van der Waals surface area contributed by atoms with Crippen LogP contribution < -0.4 is 5.32 Å². The van der Waals surface area contributed by atoms with Crippen LogP contribution in [0.5, 0.6) is 0 Å². The summed E-state index contributed by atoms with van der Waals surface area (Å²) >= 11 is 0. The van der Waals surface area contributed by atoms with Gasteiger partial charge in [-0.15, -0.1) is 0 Å². The van der Waals surface area contributed by atoms with Crippen LogP contribution in [0.4, 0.5) is 5.82 Å². The third kappa shape index (κ3) is 4.29. The van der Waals surface area contributed by atoms with Crippen molar-refractivity contribution in [1.29, 1.82) is 0 Å².